The van der Waals surface area contributed by atoms with E-state index >= 15 is 0 Å². The van der Waals surface area contributed by atoms with Crippen molar-refractivity contribution in [3.8, 4) is 6.07 Å². The fourth-order valence-electron chi connectivity index (χ4n) is 1.65. The summed E-state index contributed by atoms with van der Waals surface area (Å²) in [7, 11) is 0. The Morgan fingerprint density at radius 1 is 1.47 bits per heavy atom. The third-order valence-electron chi connectivity index (χ3n) is 2.86. The lowest BCUT2D eigenvalue weighted by atomic mass is 9.95. The van der Waals surface area contributed by atoms with Crippen molar-refractivity contribution >= 4 is 11.6 Å². The van der Waals surface area contributed by atoms with Gasteiger partial charge in [-0.3, -0.25) is 4.79 Å². The Hall–Kier alpha value is -1.86. The van der Waals surface area contributed by atoms with Gasteiger partial charge < -0.3 is 10.6 Å². The Kier molecular flexibility index (Phi) is 5.08. The molecule has 0 aliphatic heterocycles. The van der Waals surface area contributed by atoms with Crippen LogP contribution in [-0.4, -0.2) is 12.5 Å². The minimum absolute atomic E-state index is 0.0802. The monoisotopic (exact) mass is 259 g/mol. The van der Waals surface area contributed by atoms with Crippen LogP contribution in [0.15, 0.2) is 24.3 Å². The number of hydrogen-bond donors (Lipinski definition) is 2. The number of anilines is 1. The molecule has 1 unspecified atom stereocenters. The lowest BCUT2D eigenvalue weighted by Gasteiger charge is -2.21. The van der Waals surface area contributed by atoms with Crippen LogP contribution in [0.2, 0.25) is 0 Å². The molecular formula is C15H21N3O. The second-order valence-corrected chi connectivity index (χ2v) is 5.40. The topological polar surface area (TPSA) is 64.9 Å². The van der Waals surface area contributed by atoms with Crippen LogP contribution >= 0.6 is 0 Å². The van der Waals surface area contributed by atoms with E-state index in [1.165, 1.54) is 6.92 Å². The number of benzene rings is 1. The molecule has 0 heterocycles. The highest BCUT2D eigenvalue weighted by atomic mass is 16.1. The first-order chi connectivity index (χ1) is 8.84. The quantitative estimate of drug-likeness (QED) is 0.854. The highest BCUT2D eigenvalue weighted by molar-refractivity contribution is 5.88. The predicted molar refractivity (Wildman–Crippen MR) is 76.6 cm³/mol. The van der Waals surface area contributed by atoms with Gasteiger partial charge in [0.1, 0.15) is 0 Å². The Morgan fingerprint density at radius 3 is 2.74 bits per heavy atom. The molecule has 0 bridgehead atoms. The second-order valence-electron chi connectivity index (χ2n) is 5.40. The summed E-state index contributed by atoms with van der Waals surface area (Å²) in [4.78, 5) is 11.0. The average Bonchev–Trinajstić information content (AvgIpc) is 2.35. The van der Waals surface area contributed by atoms with Gasteiger partial charge in [0.2, 0.25) is 5.91 Å². The minimum Gasteiger partial charge on any atom is -0.326 e. The van der Waals surface area contributed by atoms with E-state index in [1.54, 1.807) is 0 Å². The van der Waals surface area contributed by atoms with Crippen molar-refractivity contribution < 1.29 is 4.79 Å². The predicted octanol–water partition coefficient (Wildman–Crippen LogP) is 2.85. The molecule has 0 aromatic heterocycles. The van der Waals surface area contributed by atoms with E-state index in [0.717, 1.165) is 11.3 Å². The summed E-state index contributed by atoms with van der Waals surface area (Å²) in [5, 5.41) is 15.1. The first-order valence-corrected chi connectivity index (χ1v) is 6.36. The fraction of sp³-hybridized carbons (Fsp3) is 0.467. The maximum atomic E-state index is 11.0. The Labute approximate surface area is 114 Å². The zero-order valence-electron chi connectivity index (χ0n) is 11.9. The molecule has 2 N–H and O–H groups in total. The second kappa shape index (κ2) is 6.35. The summed E-state index contributed by atoms with van der Waals surface area (Å²) in [5.41, 5.74) is 1.49. The first kappa shape index (κ1) is 15.2. The largest absolute Gasteiger partial charge is 0.326 e. The van der Waals surface area contributed by atoms with Crippen molar-refractivity contribution in [3.05, 3.63) is 29.8 Å². The van der Waals surface area contributed by atoms with Gasteiger partial charge in [0.15, 0.2) is 0 Å². The molecule has 4 heteroatoms. The molecule has 1 rings (SSSR count). The molecule has 1 aromatic rings. The van der Waals surface area contributed by atoms with Crippen LogP contribution in [0.5, 0.6) is 0 Å². The van der Waals surface area contributed by atoms with Gasteiger partial charge in [0.05, 0.1) is 11.5 Å². The van der Waals surface area contributed by atoms with Crippen molar-refractivity contribution in [2.24, 2.45) is 5.41 Å². The van der Waals surface area contributed by atoms with E-state index in [9.17, 15) is 4.79 Å². The van der Waals surface area contributed by atoms with Crippen LogP contribution in [0.4, 0.5) is 5.69 Å². The molecule has 19 heavy (non-hydrogen) atoms. The Morgan fingerprint density at radius 2 is 2.16 bits per heavy atom. The number of rotatable bonds is 5. The van der Waals surface area contributed by atoms with E-state index in [-0.39, 0.29) is 17.4 Å². The molecule has 0 aliphatic rings. The Bertz CT molecular complexity index is 488. The number of carbonyl (C=O) groups excluding carboxylic acids is 1. The van der Waals surface area contributed by atoms with E-state index in [1.807, 2.05) is 45.0 Å². The van der Waals surface area contributed by atoms with Gasteiger partial charge in [0.25, 0.3) is 0 Å². The minimum atomic E-state index is -0.385. The van der Waals surface area contributed by atoms with Crippen molar-refractivity contribution in [2.45, 2.75) is 33.7 Å². The number of nitrogens with zero attached hydrogens (tertiary/aromatic N) is 1. The third kappa shape index (κ3) is 5.11. The van der Waals surface area contributed by atoms with Gasteiger partial charge in [0, 0.05) is 25.2 Å². The highest BCUT2D eigenvalue weighted by Gasteiger charge is 2.17. The van der Waals surface area contributed by atoms with Crippen molar-refractivity contribution in [1.29, 1.82) is 5.26 Å². The molecule has 4 nitrogen and oxygen atoms in total. The molecule has 0 fully saturated rings. The maximum absolute atomic E-state index is 11.0. The number of nitrogens with one attached hydrogen (secondary N) is 2. The number of amides is 1. The summed E-state index contributed by atoms with van der Waals surface area (Å²) in [6.45, 7) is 7.96. The van der Waals surface area contributed by atoms with Gasteiger partial charge in [-0.05, 0) is 38.5 Å². The van der Waals surface area contributed by atoms with E-state index < -0.39 is 0 Å². The molecule has 1 aromatic carbocycles. The zero-order valence-corrected chi connectivity index (χ0v) is 11.9. The smallest absolute Gasteiger partial charge is 0.221 e. The van der Waals surface area contributed by atoms with Crippen molar-refractivity contribution in [2.75, 3.05) is 11.9 Å². The average molecular weight is 259 g/mol. The van der Waals surface area contributed by atoms with E-state index in [4.69, 9.17) is 5.26 Å². The summed E-state index contributed by atoms with van der Waals surface area (Å²) >= 11 is 0. The lowest BCUT2D eigenvalue weighted by molar-refractivity contribution is -0.114. The molecule has 1 amide bonds. The summed E-state index contributed by atoms with van der Waals surface area (Å²) < 4.78 is 0. The van der Waals surface area contributed by atoms with Crippen LogP contribution in [0.1, 0.15) is 39.3 Å². The molecule has 0 radical (unpaired) electrons. The molecule has 0 saturated carbocycles. The summed E-state index contributed by atoms with van der Waals surface area (Å²) in [6, 6.07) is 10.1. The number of hydrogen-bond acceptors (Lipinski definition) is 3. The van der Waals surface area contributed by atoms with Crippen LogP contribution in [0.25, 0.3) is 0 Å². The van der Waals surface area contributed by atoms with Crippen LogP contribution in [0.3, 0.4) is 0 Å². The van der Waals surface area contributed by atoms with E-state index in [0.29, 0.717) is 6.54 Å². The van der Waals surface area contributed by atoms with Crippen LogP contribution in [0, 0.1) is 16.7 Å². The first-order valence-electron chi connectivity index (χ1n) is 6.36. The fourth-order valence-corrected chi connectivity index (χ4v) is 1.65. The van der Waals surface area contributed by atoms with Gasteiger partial charge in [-0.25, -0.2) is 0 Å². The molecule has 102 valence electrons. The van der Waals surface area contributed by atoms with Crippen LogP contribution < -0.4 is 10.6 Å². The highest BCUT2D eigenvalue weighted by Crippen LogP contribution is 2.19. The van der Waals surface area contributed by atoms with Gasteiger partial charge in [-0.1, -0.05) is 12.1 Å². The maximum Gasteiger partial charge on any atom is 0.221 e. The van der Waals surface area contributed by atoms with Crippen molar-refractivity contribution in [1.82, 2.24) is 5.32 Å². The number of carbonyl (C=O) groups is 1. The SMILES string of the molecule is CC(=O)Nc1cccc(C(C)NCC(C)(C)C#N)c1. The summed E-state index contributed by atoms with van der Waals surface area (Å²) in [6.07, 6.45) is 0. The lowest BCUT2D eigenvalue weighted by Crippen LogP contribution is -2.30. The normalized spacial score (nSPS) is 12.6. The van der Waals surface area contributed by atoms with Gasteiger partial charge in [-0.15, -0.1) is 0 Å². The molecular weight excluding hydrogens is 238 g/mol. The van der Waals surface area contributed by atoms with Gasteiger partial charge >= 0.3 is 0 Å². The van der Waals surface area contributed by atoms with Gasteiger partial charge in [-0.2, -0.15) is 5.26 Å². The number of nitriles is 1. The third-order valence-corrected chi connectivity index (χ3v) is 2.86. The molecule has 0 spiro atoms. The molecule has 0 aliphatic carbocycles. The molecule has 1 atom stereocenters. The Balaban J connectivity index is 2.69. The zero-order chi connectivity index (χ0) is 14.5. The molecule has 0 saturated heterocycles. The standard InChI is InChI=1S/C15H21N3O/c1-11(17-10-15(3,4)9-16)13-6-5-7-14(8-13)18-12(2)19/h5-8,11,17H,10H2,1-4H3,(H,18,19). The van der Waals surface area contributed by atoms with Crippen LogP contribution in [-0.2, 0) is 4.79 Å². The van der Waals surface area contributed by atoms with Crippen molar-refractivity contribution in [3.63, 3.8) is 0 Å². The summed E-state index contributed by atoms with van der Waals surface area (Å²) in [5.74, 6) is -0.0802. The van der Waals surface area contributed by atoms with E-state index in [2.05, 4.69) is 16.7 Å².